The Morgan fingerprint density at radius 3 is 2.44 bits per heavy atom. The summed E-state index contributed by atoms with van der Waals surface area (Å²) in [5, 5.41) is 4.04. The average molecular weight is 390 g/mol. The van der Waals surface area contributed by atoms with E-state index < -0.39 is 10.0 Å². The van der Waals surface area contributed by atoms with E-state index in [0.29, 0.717) is 4.90 Å². The highest BCUT2D eigenvalue weighted by molar-refractivity contribution is 7.89. The minimum Gasteiger partial charge on any atom is -0.361 e. The van der Waals surface area contributed by atoms with E-state index in [2.05, 4.69) is 14.8 Å². The van der Waals surface area contributed by atoms with Crippen molar-refractivity contribution in [2.45, 2.75) is 57.0 Å². The fourth-order valence-corrected chi connectivity index (χ4v) is 5.84. The van der Waals surface area contributed by atoms with Crippen LogP contribution in [0.15, 0.2) is 39.8 Å². The number of likely N-dealkylation sites (tertiary alicyclic amines) is 1. The van der Waals surface area contributed by atoms with E-state index >= 15 is 0 Å². The van der Waals surface area contributed by atoms with Crippen molar-refractivity contribution in [2.75, 3.05) is 13.1 Å². The van der Waals surface area contributed by atoms with Gasteiger partial charge in [0.05, 0.1) is 10.6 Å². The van der Waals surface area contributed by atoms with E-state index in [1.165, 1.54) is 5.56 Å². The third-order valence-electron chi connectivity index (χ3n) is 6.44. The molecule has 146 valence electrons. The molecule has 7 heteroatoms. The van der Waals surface area contributed by atoms with E-state index in [0.717, 1.165) is 56.8 Å². The van der Waals surface area contributed by atoms with Gasteiger partial charge in [0.25, 0.3) is 0 Å². The highest BCUT2D eigenvalue weighted by Crippen LogP contribution is 2.49. The molecule has 1 saturated carbocycles. The van der Waals surface area contributed by atoms with Crippen LogP contribution in [0.4, 0.5) is 0 Å². The number of benzene rings is 1. The zero-order chi connectivity index (χ0) is 19.1. The molecular weight excluding hydrogens is 362 g/mol. The Balaban J connectivity index is 1.38. The molecule has 1 aliphatic carbocycles. The summed E-state index contributed by atoms with van der Waals surface area (Å²) < 4.78 is 33.6. The van der Waals surface area contributed by atoms with Crippen LogP contribution in [0, 0.1) is 19.3 Å². The molecular formula is C20H27N3O3S. The molecule has 2 aromatic rings. The standard InChI is InChI=1S/C20H27N3O3S/c1-15-18(16(2)26-21-15)14-23-12-10-20(11-13-23)9-8-19(20)22-27(24,25)17-6-4-3-5-7-17/h3-7,19,22H,8-14H2,1-2H3/t19-/m0/s1. The maximum Gasteiger partial charge on any atom is 0.240 e. The number of nitrogens with zero attached hydrogens (tertiary/aromatic N) is 2. The first-order valence-corrected chi connectivity index (χ1v) is 11.1. The summed E-state index contributed by atoms with van der Waals surface area (Å²) in [7, 11) is -3.45. The second-order valence-electron chi connectivity index (χ2n) is 7.97. The van der Waals surface area contributed by atoms with Crippen LogP contribution in [0.25, 0.3) is 0 Å². The lowest BCUT2D eigenvalue weighted by molar-refractivity contribution is 0.000564. The topological polar surface area (TPSA) is 75.4 Å². The zero-order valence-electron chi connectivity index (χ0n) is 15.9. The van der Waals surface area contributed by atoms with Gasteiger partial charge in [-0.05, 0) is 70.2 Å². The first-order chi connectivity index (χ1) is 12.9. The van der Waals surface area contributed by atoms with Crippen molar-refractivity contribution in [3.8, 4) is 0 Å². The largest absolute Gasteiger partial charge is 0.361 e. The Labute approximate surface area is 161 Å². The van der Waals surface area contributed by atoms with Crippen LogP contribution >= 0.6 is 0 Å². The third kappa shape index (κ3) is 3.56. The first kappa shape index (κ1) is 18.7. The molecule has 1 atom stereocenters. The summed E-state index contributed by atoms with van der Waals surface area (Å²) in [6.45, 7) is 6.76. The Hall–Kier alpha value is -1.70. The number of hydrogen-bond acceptors (Lipinski definition) is 5. The quantitative estimate of drug-likeness (QED) is 0.851. The Kier molecular flexibility index (Phi) is 4.86. The van der Waals surface area contributed by atoms with Gasteiger partial charge in [0, 0.05) is 18.2 Å². The SMILES string of the molecule is Cc1noc(C)c1CN1CCC2(CC[C@@H]2NS(=O)(=O)c2ccccc2)CC1. The lowest BCUT2D eigenvalue weighted by atomic mass is 9.59. The maximum absolute atomic E-state index is 12.7. The van der Waals surface area contributed by atoms with E-state index in [1.807, 2.05) is 19.9 Å². The summed E-state index contributed by atoms with van der Waals surface area (Å²) in [5.41, 5.74) is 2.25. The molecule has 0 amide bonds. The molecule has 0 radical (unpaired) electrons. The lowest BCUT2D eigenvalue weighted by Gasteiger charge is -2.54. The molecule has 1 aromatic carbocycles. The smallest absolute Gasteiger partial charge is 0.240 e. The molecule has 1 saturated heterocycles. The minimum absolute atomic E-state index is 0.0453. The number of nitrogens with one attached hydrogen (secondary N) is 1. The van der Waals surface area contributed by atoms with E-state index in [-0.39, 0.29) is 11.5 Å². The molecule has 27 heavy (non-hydrogen) atoms. The molecule has 6 nitrogen and oxygen atoms in total. The molecule has 1 aliphatic heterocycles. The van der Waals surface area contributed by atoms with Crippen molar-refractivity contribution < 1.29 is 12.9 Å². The van der Waals surface area contributed by atoms with Crippen LogP contribution in [-0.2, 0) is 16.6 Å². The average Bonchev–Trinajstić information content (AvgIpc) is 2.99. The molecule has 1 aromatic heterocycles. The van der Waals surface area contributed by atoms with Gasteiger partial charge in [-0.2, -0.15) is 0 Å². The summed E-state index contributed by atoms with van der Waals surface area (Å²) >= 11 is 0. The summed E-state index contributed by atoms with van der Waals surface area (Å²) in [4.78, 5) is 2.78. The van der Waals surface area contributed by atoms with Gasteiger partial charge >= 0.3 is 0 Å². The van der Waals surface area contributed by atoms with E-state index in [9.17, 15) is 8.42 Å². The van der Waals surface area contributed by atoms with E-state index in [4.69, 9.17) is 4.52 Å². The monoisotopic (exact) mass is 389 g/mol. The molecule has 1 N–H and O–H groups in total. The van der Waals surface area contributed by atoms with Crippen molar-refractivity contribution in [3.05, 3.63) is 47.3 Å². The van der Waals surface area contributed by atoms with Gasteiger partial charge in [0.2, 0.25) is 10.0 Å². The highest BCUT2D eigenvalue weighted by atomic mass is 32.2. The van der Waals surface area contributed by atoms with E-state index in [1.54, 1.807) is 24.3 Å². The van der Waals surface area contributed by atoms with Gasteiger partial charge in [-0.1, -0.05) is 23.4 Å². The number of sulfonamides is 1. The second-order valence-corrected chi connectivity index (χ2v) is 9.68. The molecule has 1 spiro atoms. The lowest BCUT2D eigenvalue weighted by Crippen LogP contribution is -2.58. The number of rotatable bonds is 5. The van der Waals surface area contributed by atoms with Gasteiger partial charge in [0.1, 0.15) is 5.76 Å². The van der Waals surface area contributed by atoms with Gasteiger partial charge in [-0.3, -0.25) is 4.90 Å². The fourth-order valence-electron chi connectivity index (χ4n) is 4.44. The van der Waals surface area contributed by atoms with Crippen molar-refractivity contribution in [3.63, 3.8) is 0 Å². The van der Waals surface area contributed by atoms with Gasteiger partial charge < -0.3 is 4.52 Å². The van der Waals surface area contributed by atoms with Crippen molar-refractivity contribution >= 4 is 10.0 Å². The van der Waals surface area contributed by atoms with Crippen LogP contribution in [0.1, 0.15) is 42.7 Å². The molecule has 0 bridgehead atoms. The third-order valence-corrected chi connectivity index (χ3v) is 7.92. The Bertz CT molecular complexity index is 880. The van der Waals surface area contributed by atoms with Crippen molar-refractivity contribution in [1.29, 1.82) is 0 Å². The fraction of sp³-hybridized carbons (Fsp3) is 0.550. The van der Waals surface area contributed by atoms with Crippen LogP contribution in [0.5, 0.6) is 0 Å². The minimum atomic E-state index is -3.45. The highest BCUT2D eigenvalue weighted by Gasteiger charge is 2.49. The molecule has 2 heterocycles. The number of piperidine rings is 1. The summed E-state index contributed by atoms with van der Waals surface area (Å²) in [6, 6.07) is 8.71. The summed E-state index contributed by atoms with van der Waals surface area (Å²) in [5.74, 6) is 0.893. The predicted molar refractivity (Wildman–Crippen MR) is 103 cm³/mol. The van der Waals surface area contributed by atoms with Crippen molar-refractivity contribution in [1.82, 2.24) is 14.8 Å². The number of aromatic nitrogens is 1. The maximum atomic E-state index is 12.7. The van der Waals surface area contributed by atoms with Crippen LogP contribution < -0.4 is 4.72 Å². The molecule has 2 fully saturated rings. The van der Waals surface area contributed by atoms with Crippen LogP contribution in [0.3, 0.4) is 0 Å². The van der Waals surface area contributed by atoms with Crippen LogP contribution in [0.2, 0.25) is 0 Å². The van der Waals surface area contributed by atoms with Gasteiger partial charge in [0.15, 0.2) is 0 Å². The normalized spacial score (nSPS) is 22.7. The van der Waals surface area contributed by atoms with Crippen molar-refractivity contribution in [2.24, 2.45) is 5.41 Å². The Morgan fingerprint density at radius 1 is 1.19 bits per heavy atom. The molecule has 4 rings (SSSR count). The zero-order valence-corrected chi connectivity index (χ0v) is 16.8. The predicted octanol–water partition coefficient (Wildman–Crippen LogP) is 3.01. The Morgan fingerprint density at radius 2 is 1.89 bits per heavy atom. The number of hydrogen-bond donors (Lipinski definition) is 1. The first-order valence-electron chi connectivity index (χ1n) is 9.61. The number of aryl methyl sites for hydroxylation is 2. The second kappa shape index (κ2) is 7.04. The van der Waals surface area contributed by atoms with Crippen LogP contribution in [-0.4, -0.2) is 37.6 Å². The molecule has 0 unspecified atom stereocenters. The van der Waals surface area contributed by atoms with Gasteiger partial charge in [-0.15, -0.1) is 0 Å². The molecule has 2 aliphatic rings. The summed E-state index contributed by atoms with van der Waals surface area (Å²) in [6.07, 6.45) is 4.08. The van der Waals surface area contributed by atoms with Gasteiger partial charge in [-0.25, -0.2) is 13.1 Å².